The summed E-state index contributed by atoms with van der Waals surface area (Å²) < 4.78 is 26.9. The summed E-state index contributed by atoms with van der Waals surface area (Å²) >= 11 is 0. The number of rotatable bonds is 7. The second kappa shape index (κ2) is 7.80. The van der Waals surface area contributed by atoms with Crippen molar-refractivity contribution >= 4 is 15.7 Å². The van der Waals surface area contributed by atoms with Crippen molar-refractivity contribution in [3.8, 4) is 0 Å². The molecule has 1 fully saturated rings. The highest BCUT2D eigenvalue weighted by Crippen LogP contribution is 2.19. The molecule has 0 bridgehead atoms. The molecule has 0 radical (unpaired) electrons. The smallest absolute Gasteiger partial charge is 0.211 e. The maximum Gasteiger partial charge on any atom is 0.211 e. The number of hydrogen-bond donors (Lipinski definition) is 1. The minimum absolute atomic E-state index is 0.0941. The minimum Gasteiger partial charge on any atom is -0.371 e. The summed E-state index contributed by atoms with van der Waals surface area (Å²) in [6.07, 6.45) is 4.54. The molecule has 21 heavy (non-hydrogen) atoms. The van der Waals surface area contributed by atoms with Gasteiger partial charge in [-0.05, 0) is 31.4 Å². The molecule has 0 aliphatic carbocycles. The van der Waals surface area contributed by atoms with E-state index in [1.54, 1.807) is 0 Å². The Balaban J connectivity index is 1.79. The van der Waals surface area contributed by atoms with Crippen molar-refractivity contribution in [2.75, 3.05) is 23.7 Å². The number of hydrogen-bond acceptors (Lipinski definition) is 3. The number of para-hydroxylation sites is 1. The molecule has 1 aromatic rings. The van der Waals surface area contributed by atoms with Gasteiger partial charge in [0, 0.05) is 24.8 Å². The lowest BCUT2D eigenvalue weighted by molar-refractivity contribution is 0.459. The summed E-state index contributed by atoms with van der Waals surface area (Å²) in [5.41, 5.74) is 1.22. The quantitative estimate of drug-likeness (QED) is 0.788. The lowest BCUT2D eigenvalue weighted by Crippen LogP contribution is -2.45. The van der Waals surface area contributed by atoms with E-state index in [0.717, 1.165) is 45.2 Å². The Hall–Kier alpha value is -1.07. The van der Waals surface area contributed by atoms with Crippen LogP contribution in [0, 0.1) is 0 Å². The van der Waals surface area contributed by atoms with Crippen LogP contribution < -0.4 is 9.62 Å². The van der Waals surface area contributed by atoms with E-state index in [0.29, 0.717) is 0 Å². The van der Waals surface area contributed by atoms with E-state index in [-0.39, 0.29) is 11.8 Å². The molecule has 1 N–H and O–H groups in total. The Morgan fingerprint density at radius 2 is 1.81 bits per heavy atom. The minimum atomic E-state index is -3.10. The zero-order chi connectivity index (χ0) is 15.1. The van der Waals surface area contributed by atoms with Crippen LogP contribution in [0.5, 0.6) is 0 Å². The van der Waals surface area contributed by atoms with Crippen LogP contribution in [0.15, 0.2) is 30.3 Å². The van der Waals surface area contributed by atoms with Gasteiger partial charge in [-0.15, -0.1) is 0 Å². The van der Waals surface area contributed by atoms with Crippen LogP contribution in [0.2, 0.25) is 0 Å². The summed E-state index contributed by atoms with van der Waals surface area (Å²) in [5.74, 6) is 0.264. The van der Waals surface area contributed by atoms with Gasteiger partial charge in [-0.3, -0.25) is 0 Å². The number of anilines is 1. The lowest BCUT2D eigenvalue weighted by Gasteiger charge is -2.33. The van der Waals surface area contributed by atoms with Gasteiger partial charge in [-0.25, -0.2) is 13.1 Å². The largest absolute Gasteiger partial charge is 0.371 e. The fourth-order valence-electron chi connectivity index (χ4n) is 2.75. The highest BCUT2D eigenvalue weighted by molar-refractivity contribution is 7.89. The van der Waals surface area contributed by atoms with Crippen molar-refractivity contribution < 1.29 is 8.42 Å². The fraction of sp³-hybridized carbons (Fsp3) is 0.625. The molecular formula is C16H26N2O2S. The Bertz CT molecular complexity index is 508. The Morgan fingerprint density at radius 3 is 2.43 bits per heavy atom. The number of benzene rings is 1. The fourth-order valence-corrected chi connectivity index (χ4v) is 4.19. The highest BCUT2D eigenvalue weighted by atomic mass is 32.2. The van der Waals surface area contributed by atoms with Gasteiger partial charge in [-0.1, -0.05) is 38.0 Å². The molecule has 1 saturated heterocycles. The van der Waals surface area contributed by atoms with E-state index in [4.69, 9.17) is 0 Å². The second-order valence-electron chi connectivity index (χ2n) is 5.74. The van der Waals surface area contributed by atoms with E-state index in [9.17, 15) is 8.42 Å². The van der Waals surface area contributed by atoms with Crippen molar-refractivity contribution in [1.82, 2.24) is 4.72 Å². The number of nitrogens with zero attached hydrogens (tertiary/aromatic N) is 1. The van der Waals surface area contributed by atoms with Gasteiger partial charge in [0.25, 0.3) is 0 Å². The number of piperidine rings is 1. The molecule has 0 amide bonds. The summed E-state index contributed by atoms with van der Waals surface area (Å²) in [7, 11) is -3.10. The molecule has 0 aromatic heterocycles. The van der Waals surface area contributed by atoms with Crippen molar-refractivity contribution in [3.63, 3.8) is 0 Å². The van der Waals surface area contributed by atoms with Gasteiger partial charge in [-0.2, -0.15) is 0 Å². The van der Waals surface area contributed by atoms with Crippen LogP contribution in [0.1, 0.15) is 39.0 Å². The molecule has 4 nitrogen and oxygen atoms in total. The van der Waals surface area contributed by atoms with Crippen LogP contribution in [0.4, 0.5) is 5.69 Å². The predicted octanol–water partition coefficient (Wildman–Crippen LogP) is 2.77. The first kappa shape index (κ1) is 16.3. The molecule has 2 rings (SSSR count). The molecule has 0 spiro atoms. The van der Waals surface area contributed by atoms with Crippen LogP contribution in [-0.2, 0) is 10.0 Å². The van der Waals surface area contributed by atoms with E-state index in [1.807, 2.05) is 18.2 Å². The summed E-state index contributed by atoms with van der Waals surface area (Å²) in [5, 5.41) is 0. The van der Waals surface area contributed by atoms with Crippen LogP contribution in [-0.4, -0.2) is 33.3 Å². The lowest BCUT2D eigenvalue weighted by atomic mass is 10.1. The van der Waals surface area contributed by atoms with Crippen LogP contribution in [0.25, 0.3) is 0 Å². The summed E-state index contributed by atoms with van der Waals surface area (Å²) in [6, 6.07) is 10.4. The third kappa shape index (κ3) is 5.32. The van der Waals surface area contributed by atoms with E-state index < -0.39 is 10.0 Å². The molecular weight excluding hydrogens is 284 g/mol. The molecule has 5 heteroatoms. The average Bonchev–Trinajstić information content (AvgIpc) is 2.49. The van der Waals surface area contributed by atoms with E-state index in [1.165, 1.54) is 5.69 Å². The van der Waals surface area contributed by atoms with Gasteiger partial charge < -0.3 is 4.90 Å². The number of unbranched alkanes of at least 4 members (excludes halogenated alkanes) is 2. The van der Waals surface area contributed by atoms with Crippen molar-refractivity contribution in [2.45, 2.75) is 45.1 Å². The van der Waals surface area contributed by atoms with Gasteiger partial charge in [0.05, 0.1) is 5.75 Å². The van der Waals surface area contributed by atoms with E-state index >= 15 is 0 Å². The number of nitrogens with one attached hydrogen (secondary N) is 1. The molecule has 0 unspecified atom stereocenters. The second-order valence-corrected chi connectivity index (χ2v) is 7.61. The Labute approximate surface area is 128 Å². The maximum atomic E-state index is 12.0. The molecule has 1 aliphatic rings. The first-order chi connectivity index (χ1) is 10.1. The van der Waals surface area contributed by atoms with Crippen molar-refractivity contribution in [1.29, 1.82) is 0 Å². The van der Waals surface area contributed by atoms with Crippen LogP contribution >= 0.6 is 0 Å². The standard InChI is InChI=1S/C16H26N2O2S/c1-2-3-7-14-21(19,20)17-15-10-12-18(13-11-15)16-8-5-4-6-9-16/h4-6,8-9,15,17H,2-3,7,10-14H2,1H3. The SMILES string of the molecule is CCCCCS(=O)(=O)NC1CCN(c2ccccc2)CC1. The summed E-state index contributed by atoms with van der Waals surface area (Å²) in [4.78, 5) is 2.32. The molecule has 1 aromatic carbocycles. The molecule has 118 valence electrons. The van der Waals surface area contributed by atoms with Gasteiger partial charge in [0.2, 0.25) is 10.0 Å². The molecule has 1 aliphatic heterocycles. The first-order valence-electron chi connectivity index (χ1n) is 7.91. The van der Waals surface area contributed by atoms with Gasteiger partial charge >= 0.3 is 0 Å². The monoisotopic (exact) mass is 310 g/mol. The maximum absolute atomic E-state index is 12.0. The van der Waals surface area contributed by atoms with Crippen LogP contribution in [0.3, 0.4) is 0 Å². The van der Waals surface area contributed by atoms with Crippen molar-refractivity contribution in [2.24, 2.45) is 0 Å². The summed E-state index contributed by atoms with van der Waals surface area (Å²) in [6.45, 7) is 3.90. The predicted molar refractivity (Wildman–Crippen MR) is 88.1 cm³/mol. The zero-order valence-electron chi connectivity index (χ0n) is 12.8. The normalized spacial score (nSPS) is 17.1. The third-order valence-corrected chi connectivity index (χ3v) is 5.50. The van der Waals surface area contributed by atoms with Gasteiger partial charge in [0.15, 0.2) is 0 Å². The molecule has 0 saturated carbocycles. The topological polar surface area (TPSA) is 49.4 Å². The Morgan fingerprint density at radius 1 is 1.14 bits per heavy atom. The first-order valence-corrected chi connectivity index (χ1v) is 9.56. The Kier molecular flexibility index (Phi) is 6.06. The molecule has 0 atom stereocenters. The van der Waals surface area contributed by atoms with E-state index in [2.05, 4.69) is 28.7 Å². The molecule has 1 heterocycles. The third-order valence-electron chi connectivity index (χ3n) is 3.98. The average molecular weight is 310 g/mol. The number of sulfonamides is 1. The van der Waals surface area contributed by atoms with Crippen molar-refractivity contribution in [3.05, 3.63) is 30.3 Å². The van der Waals surface area contributed by atoms with Gasteiger partial charge in [0.1, 0.15) is 0 Å². The highest BCUT2D eigenvalue weighted by Gasteiger charge is 2.23. The zero-order valence-corrected chi connectivity index (χ0v) is 13.6.